The maximum atomic E-state index is 13.0. The minimum absolute atomic E-state index is 0.175. The first kappa shape index (κ1) is 17.2. The molecule has 1 atom stereocenters. The summed E-state index contributed by atoms with van der Waals surface area (Å²) >= 11 is 5.88. The predicted molar refractivity (Wildman–Crippen MR) is 93.1 cm³/mol. The van der Waals surface area contributed by atoms with E-state index in [4.69, 9.17) is 16.0 Å². The summed E-state index contributed by atoms with van der Waals surface area (Å²) in [7, 11) is 0. The van der Waals surface area contributed by atoms with E-state index in [1.165, 1.54) is 22.8 Å². The summed E-state index contributed by atoms with van der Waals surface area (Å²) in [5, 5.41) is 3.30. The highest BCUT2D eigenvalue weighted by atomic mass is 35.5. The molecule has 0 spiro atoms. The van der Waals surface area contributed by atoms with Gasteiger partial charge < -0.3 is 9.73 Å². The number of nitrogens with zero attached hydrogens (tertiary/aromatic N) is 1. The van der Waals surface area contributed by atoms with E-state index in [0.29, 0.717) is 22.5 Å². The summed E-state index contributed by atoms with van der Waals surface area (Å²) in [5.74, 6) is -1.29. The fourth-order valence-electron chi connectivity index (χ4n) is 2.69. The molecule has 0 saturated carbocycles. The molecule has 3 rings (SSSR count). The summed E-state index contributed by atoms with van der Waals surface area (Å²) in [5.41, 5.74) is 1.63. The number of hydrogen-bond donors (Lipinski definition) is 1. The van der Waals surface area contributed by atoms with Gasteiger partial charge in [0.05, 0.1) is 11.6 Å². The third-order valence-electron chi connectivity index (χ3n) is 3.95. The highest BCUT2D eigenvalue weighted by Crippen LogP contribution is 2.19. The van der Waals surface area contributed by atoms with E-state index in [0.717, 1.165) is 5.56 Å². The molecular weight excluding hydrogens is 347 g/mol. The molecule has 0 aliphatic carbocycles. The number of oxazole rings is 1. The molecule has 0 aliphatic heterocycles. The van der Waals surface area contributed by atoms with E-state index in [-0.39, 0.29) is 24.3 Å². The zero-order chi connectivity index (χ0) is 18.0. The van der Waals surface area contributed by atoms with Crippen molar-refractivity contribution in [3.63, 3.8) is 0 Å². The Balaban J connectivity index is 1.79. The van der Waals surface area contributed by atoms with Crippen LogP contribution in [0.4, 0.5) is 4.39 Å². The van der Waals surface area contributed by atoms with E-state index in [9.17, 15) is 14.0 Å². The maximum absolute atomic E-state index is 13.0. The van der Waals surface area contributed by atoms with Crippen molar-refractivity contribution in [2.75, 3.05) is 0 Å². The second kappa shape index (κ2) is 7.11. The number of halogens is 2. The molecule has 2 aromatic carbocycles. The summed E-state index contributed by atoms with van der Waals surface area (Å²) in [6.45, 7) is 1.74. The lowest BCUT2D eigenvalue weighted by Crippen LogP contribution is -2.33. The van der Waals surface area contributed by atoms with Crippen LogP contribution in [0, 0.1) is 5.82 Å². The first-order valence-corrected chi connectivity index (χ1v) is 8.19. The van der Waals surface area contributed by atoms with E-state index < -0.39 is 5.76 Å². The Labute approximate surface area is 148 Å². The van der Waals surface area contributed by atoms with Crippen molar-refractivity contribution in [3.05, 3.63) is 69.4 Å². The van der Waals surface area contributed by atoms with Crippen LogP contribution in [-0.2, 0) is 11.3 Å². The Bertz CT molecular complexity index is 963. The van der Waals surface area contributed by atoms with Crippen LogP contribution in [0.5, 0.6) is 0 Å². The van der Waals surface area contributed by atoms with Gasteiger partial charge in [-0.2, -0.15) is 0 Å². The Morgan fingerprint density at radius 1 is 1.28 bits per heavy atom. The summed E-state index contributed by atoms with van der Waals surface area (Å²) in [6.07, 6.45) is 0.633. The van der Waals surface area contributed by atoms with Crippen LogP contribution in [0.25, 0.3) is 11.1 Å². The van der Waals surface area contributed by atoms with Crippen LogP contribution in [0.1, 0.15) is 24.9 Å². The first-order chi connectivity index (χ1) is 12.0. The van der Waals surface area contributed by atoms with Gasteiger partial charge in [-0.1, -0.05) is 30.7 Å². The number of hydrogen-bond acceptors (Lipinski definition) is 3. The largest absolute Gasteiger partial charge is 0.420 e. The number of carbonyl (C=O) groups is 1. The SMILES string of the molecule is CC[C@@H](NC(=O)Cn1c(=O)oc2cc(Cl)ccc21)c1ccc(F)cc1. The number of aromatic nitrogens is 1. The predicted octanol–water partition coefficient (Wildman–Crippen LogP) is 3.65. The van der Waals surface area contributed by atoms with Crippen LogP contribution >= 0.6 is 11.6 Å². The molecule has 3 aromatic rings. The van der Waals surface area contributed by atoms with Crippen LogP contribution < -0.4 is 11.1 Å². The van der Waals surface area contributed by atoms with Gasteiger partial charge in [-0.3, -0.25) is 9.36 Å². The average molecular weight is 363 g/mol. The molecule has 0 unspecified atom stereocenters. The molecule has 0 aliphatic rings. The average Bonchev–Trinajstić information content (AvgIpc) is 2.88. The van der Waals surface area contributed by atoms with Crippen molar-refractivity contribution >= 4 is 28.6 Å². The normalized spacial score (nSPS) is 12.3. The number of amides is 1. The van der Waals surface area contributed by atoms with Crippen LogP contribution in [0.3, 0.4) is 0 Å². The zero-order valence-corrected chi connectivity index (χ0v) is 14.2. The molecule has 0 fully saturated rings. The molecule has 0 saturated heterocycles. The molecule has 0 radical (unpaired) electrons. The quantitative estimate of drug-likeness (QED) is 0.753. The Kier molecular flexibility index (Phi) is 4.90. The van der Waals surface area contributed by atoms with E-state index >= 15 is 0 Å². The maximum Gasteiger partial charge on any atom is 0.420 e. The number of fused-ring (bicyclic) bond motifs is 1. The van der Waals surface area contributed by atoms with Crippen molar-refractivity contribution in [2.24, 2.45) is 0 Å². The second-order valence-corrected chi connectivity index (χ2v) is 6.08. The molecule has 1 aromatic heterocycles. The van der Waals surface area contributed by atoms with Crippen molar-refractivity contribution in [2.45, 2.75) is 25.9 Å². The van der Waals surface area contributed by atoms with Gasteiger partial charge in [0.1, 0.15) is 12.4 Å². The van der Waals surface area contributed by atoms with Gasteiger partial charge in [-0.05, 0) is 36.2 Å². The monoisotopic (exact) mass is 362 g/mol. The van der Waals surface area contributed by atoms with Gasteiger partial charge in [0.2, 0.25) is 5.91 Å². The number of rotatable bonds is 5. The van der Waals surface area contributed by atoms with E-state index in [2.05, 4.69) is 5.32 Å². The zero-order valence-electron chi connectivity index (χ0n) is 13.5. The Morgan fingerprint density at radius 2 is 2.00 bits per heavy atom. The first-order valence-electron chi connectivity index (χ1n) is 7.81. The molecule has 7 heteroatoms. The van der Waals surface area contributed by atoms with Gasteiger partial charge in [-0.25, -0.2) is 9.18 Å². The van der Waals surface area contributed by atoms with E-state index in [1.54, 1.807) is 24.3 Å². The lowest BCUT2D eigenvalue weighted by molar-refractivity contribution is -0.122. The van der Waals surface area contributed by atoms with Gasteiger partial charge in [0.25, 0.3) is 0 Å². The minimum Gasteiger partial charge on any atom is -0.408 e. The van der Waals surface area contributed by atoms with Gasteiger partial charge in [0.15, 0.2) is 5.58 Å². The highest BCUT2D eigenvalue weighted by Gasteiger charge is 2.16. The summed E-state index contributed by atoms with van der Waals surface area (Å²) in [6, 6.07) is 10.5. The molecule has 130 valence electrons. The molecular formula is C18H16ClFN2O3. The van der Waals surface area contributed by atoms with E-state index in [1.807, 2.05) is 6.92 Å². The molecule has 1 amide bonds. The Morgan fingerprint density at radius 3 is 2.68 bits per heavy atom. The number of carbonyl (C=O) groups excluding carboxylic acids is 1. The Hall–Kier alpha value is -2.60. The van der Waals surface area contributed by atoms with Gasteiger partial charge in [-0.15, -0.1) is 0 Å². The molecule has 25 heavy (non-hydrogen) atoms. The van der Waals surface area contributed by atoms with Crippen molar-refractivity contribution in [1.82, 2.24) is 9.88 Å². The van der Waals surface area contributed by atoms with Gasteiger partial charge >= 0.3 is 5.76 Å². The molecule has 0 bridgehead atoms. The fraction of sp³-hybridized carbons (Fsp3) is 0.222. The summed E-state index contributed by atoms with van der Waals surface area (Å²) in [4.78, 5) is 24.3. The number of nitrogens with one attached hydrogen (secondary N) is 1. The van der Waals surface area contributed by atoms with Gasteiger partial charge in [0, 0.05) is 11.1 Å². The third-order valence-corrected chi connectivity index (χ3v) is 4.18. The van der Waals surface area contributed by atoms with Crippen LogP contribution in [-0.4, -0.2) is 10.5 Å². The van der Waals surface area contributed by atoms with Crippen LogP contribution in [0.15, 0.2) is 51.7 Å². The molecule has 1 N–H and O–H groups in total. The highest BCUT2D eigenvalue weighted by molar-refractivity contribution is 6.31. The standard InChI is InChI=1S/C18H16ClFN2O3/c1-2-14(11-3-6-13(20)7-4-11)21-17(23)10-22-15-8-5-12(19)9-16(15)25-18(22)24/h3-9,14H,2,10H2,1H3,(H,21,23)/t14-/m1/s1. The van der Waals surface area contributed by atoms with Crippen molar-refractivity contribution < 1.29 is 13.6 Å². The lowest BCUT2D eigenvalue weighted by Gasteiger charge is -2.17. The van der Waals surface area contributed by atoms with Crippen molar-refractivity contribution in [1.29, 1.82) is 0 Å². The number of benzene rings is 2. The van der Waals surface area contributed by atoms with Crippen LogP contribution in [0.2, 0.25) is 5.02 Å². The lowest BCUT2D eigenvalue weighted by atomic mass is 10.0. The smallest absolute Gasteiger partial charge is 0.408 e. The minimum atomic E-state index is -0.623. The fourth-order valence-corrected chi connectivity index (χ4v) is 2.85. The third kappa shape index (κ3) is 3.74. The van der Waals surface area contributed by atoms with Crippen molar-refractivity contribution in [3.8, 4) is 0 Å². The second-order valence-electron chi connectivity index (χ2n) is 5.65. The molecule has 1 heterocycles. The topological polar surface area (TPSA) is 64.2 Å². The molecule has 5 nitrogen and oxygen atoms in total. The summed E-state index contributed by atoms with van der Waals surface area (Å²) < 4.78 is 19.4.